The summed E-state index contributed by atoms with van der Waals surface area (Å²) in [4.78, 5) is 12.2. The van der Waals surface area contributed by atoms with Gasteiger partial charge in [-0.2, -0.15) is 0 Å². The van der Waals surface area contributed by atoms with Crippen LogP contribution in [0.25, 0.3) is 21.7 Å². The van der Waals surface area contributed by atoms with Crippen molar-refractivity contribution in [2.75, 3.05) is 0 Å². The fourth-order valence-electron chi connectivity index (χ4n) is 2.86. The van der Waals surface area contributed by atoms with E-state index in [4.69, 9.17) is 4.42 Å². The minimum Gasteiger partial charge on any atom is -0.508 e. The van der Waals surface area contributed by atoms with Gasteiger partial charge in [0.25, 0.3) is 0 Å². The lowest BCUT2D eigenvalue weighted by molar-refractivity contribution is 0.466. The standard InChI is InChI=1S/C19H20O3/c1-4-5-13-9-15-14-7-6-12(11(2)3)8-16(14)19(21)22-18(15)10-17(13)20/h6-11,20H,4-5H2,1-3H3. The Hall–Kier alpha value is -2.29. The number of fused-ring (bicyclic) bond motifs is 3. The molecule has 3 rings (SSSR count). The number of hydrogen-bond acceptors (Lipinski definition) is 3. The number of phenols is 1. The van der Waals surface area contributed by atoms with Crippen molar-refractivity contribution in [2.45, 2.75) is 39.5 Å². The number of aromatic hydroxyl groups is 1. The monoisotopic (exact) mass is 296 g/mol. The normalized spacial score (nSPS) is 11.6. The molecule has 0 aliphatic heterocycles. The molecule has 0 aliphatic rings. The summed E-state index contributed by atoms with van der Waals surface area (Å²) < 4.78 is 5.41. The average molecular weight is 296 g/mol. The maximum absolute atomic E-state index is 12.2. The van der Waals surface area contributed by atoms with Gasteiger partial charge in [-0.05, 0) is 41.0 Å². The van der Waals surface area contributed by atoms with Crippen molar-refractivity contribution in [1.82, 2.24) is 0 Å². The van der Waals surface area contributed by atoms with Crippen molar-refractivity contribution >= 4 is 21.7 Å². The molecule has 0 unspecified atom stereocenters. The summed E-state index contributed by atoms with van der Waals surface area (Å²) in [6, 6.07) is 9.44. The minimum atomic E-state index is -0.354. The van der Waals surface area contributed by atoms with E-state index < -0.39 is 0 Å². The smallest absolute Gasteiger partial charge is 0.344 e. The first kappa shape index (κ1) is 14.6. The first-order chi connectivity index (χ1) is 10.5. The van der Waals surface area contributed by atoms with Gasteiger partial charge in [-0.3, -0.25) is 0 Å². The first-order valence-electron chi connectivity index (χ1n) is 7.73. The highest BCUT2D eigenvalue weighted by atomic mass is 16.4. The Morgan fingerprint density at radius 1 is 1.09 bits per heavy atom. The molecule has 0 radical (unpaired) electrons. The van der Waals surface area contributed by atoms with Crippen LogP contribution in [0.1, 0.15) is 44.2 Å². The molecule has 0 spiro atoms. The first-order valence-corrected chi connectivity index (χ1v) is 7.73. The lowest BCUT2D eigenvalue weighted by Crippen LogP contribution is -2.01. The number of aryl methyl sites for hydroxylation is 1. The lowest BCUT2D eigenvalue weighted by Gasteiger charge is -2.10. The Kier molecular flexibility index (Phi) is 3.65. The van der Waals surface area contributed by atoms with Crippen molar-refractivity contribution in [2.24, 2.45) is 0 Å². The van der Waals surface area contributed by atoms with Crippen molar-refractivity contribution < 1.29 is 9.52 Å². The molecule has 0 atom stereocenters. The quantitative estimate of drug-likeness (QED) is 0.561. The molecule has 1 heterocycles. The van der Waals surface area contributed by atoms with Crippen LogP contribution in [0.15, 0.2) is 39.5 Å². The molecule has 0 saturated heterocycles. The van der Waals surface area contributed by atoms with Crippen LogP contribution in [-0.4, -0.2) is 5.11 Å². The Bertz CT molecular complexity index is 904. The van der Waals surface area contributed by atoms with E-state index >= 15 is 0 Å². The molecule has 0 bridgehead atoms. The highest BCUT2D eigenvalue weighted by molar-refractivity contribution is 6.05. The van der Waals surface area contributed by atoms with Gasteiger partial charge in [0, 0.05) is 11.5 Å². The molecule has 0 saturated carbocycles. The predicted molar refractivity (Wildman–Crippen MR) is 89.7 cm³/mol. The zero-order chi connectivity index (χ0) is 15.9. The molecule has 0 fully saturated rings. The van der Waals surface area contributed by atoms with Gasteiger partial charge < -0.3 is 9.52 Å². The van der Waals surface area contributed by atoms with Gasteiger partial charge in [0.1, 0.15) is 11.3 Å². The predicted octanol–water partition coefficient (Wildman–Crippen LogP) is 4.73. The summed E-state index contributed by atoms with van der Waals surface area (Å²) in [5.74, 6) is 0.547. The van der Waals surface area contributed by atoms with E-state index in [2.05, 4.69) is 26.8 Å². The van der Waals surface area contributed by atoms with Crippen molar-refractivity contribution in [3.63, 3.8) is 0 Å². The molecular formula is C19H20O3. The number of phenolic OH excluding ortho intramolecular Hbond substituents is 1. The lowest BCUT2D eigenvalue weighted by atomic mass is 9.97. The average Bonchev–Trinajstić information content (AvgIpc) is 2.48. The summed E-state index contributed by atoms with van der Waals surface area (Å²) in [5.41, 5.74) is 2.09. The second-order valence-corrected chi connectivity index (χ2v) is 6.08. The minimum absolute atomic E-state index is 0.190. The summed E-state index contributed by atoms with van der Waals surface area (Å²) in [6.45, 7) is 6.27. The van der Waals surface area contributed by atoms with E-state index in [1.165, 1.54) is 0 Å². The maximum Gasteiger partial charge on any atom is 0.344 e. The highest BCUT2D eigenvalue weighted by Crippen LogP contribution is 2.31. The molecule has 0 aliphatic carbocycles. The van der Waals surface area contributed by atoms with Crippen molar-refractivity contribution in [1.29, 1.82) is 0 Å². The number of rotatable bonds is 3. The SMILES string of the molecule is CCCc1cc2c(cc1O)oc(=O)c1cc(C(C)C)ccc12. The topological polar surface area (TPSA) is 50.4 Å². The third-order valence-corrected chi connectivity index (χ3v) is 4.12. The maximum atomic E-state index is 12.2. The molecular weight excluding hydrogens is 276 g/mol. The number of benzene rings is 2. The summed E-state index contributed by atoms with van der Waals surface area (Å²) in [5, 5.41) is 12.4. The molecule has 3 aromatic rings. The van der Waals surface area contributed by atoms with Gasteiger partial charge in [0.15, 0.2) is 0 Å². The molecule has 1 N–H and O–H groups in total. The number of hydrogen-bond donors (Lipinski definition) is 1. The Morgan fingerprint density at radius 2 is 1.86 bits per heavy atom. The van der Waals surface area contributed by atoms with Crippen LogP contribution in [0.2, 0.25) is 0 Å². The largest absolute Gasteiger partial charge is 0.508 e. The third kappa shape index (κ3) is 2.37. The second kappa shape index (κ2) is 5.48. The molecule has 114 valence electrons. The molecule has 1 aromatic heterocycles. The van der Waals surface area contributed by atoms with Gasteiger partial charge in [-0.25, -0.2) is 4.79 Å². The van der Waals surface area contributed by atoms with Gasteiger partial charge in [-0.15, -0.1) is 0 Å². The highest BCUT2D eigenvalue weighted by Gasteiger charge is 2.12. The van der Waals surface area contributed by atoms with Crippen molar-refractivity contribution in [3.8, 4) is 5.75 Å². The summed E-state index contributed by atoms with van der Waals surface area (Å²) >= 11 is 0. The van der Waals surface area contributed by atoms with Gasteiger partial charge >= 0.3 is 5.63 Å². The van der Waals surface area contributed by atoms with Gasteiger partial charge in [0.2, 0.25) is 0 Å². The summed E-state index contributed by atoms with van der Waals surface area (Å²) in [6.07, 6.45) is 1.75. The van der Waals surface area contributed by atoms with Crippen LogP contribution < -0.4 is 5.63 Å². The zero-order valence-corrected chi connectivity index (χ0v) is 13.1. The molecule has 2 aromatic carbocycles. The zero-order valence-electron chi connectivity index (χ0n) is 13.1. The Labute approximate surface area is 129 Å². The molecule has 22 heavy (non-hydrogen) atoms. The van der Waals surface area contributed by atoms with E-state index in [1.807, 2.05) is 18.2 Å². The third-order valence-electron chi connectivity index (χ3n) is 4.12. The van der Waals surface area contributed by atoms with E-state index in [9.17, 15) is 9.90 Å². The van der Waals surface area contributed by atoms with Crippen LogP contribution >= 0.6 is 0 Å². The molecule has 0 amide bonds. The Morgan fingerprint density at radius 3 is 2.55 bits per heavy atom. The fourth-order valence-corrected chi connectivity index (χ4v) is 2.86. The van der Waals surface area contributed by atoms with Crippen LogP contribution in [0.5, 0.6) is 5.75 Å². The van der Waals surface area contributed by atoms with E-state index in [0.717, 1.165) is 34.7 Å². The Balaban J connectivity index is 2.38. The second-order valence-electron chi connectivity index (χ2n) is 6.08. The fraction of sp³-hybridized carbons (Fsp3) is 0.316. The van der Waals surface area contributed by atoms with E-state index in [1.54, 1.807) is 6.07 Å². The van der Waals surface area contributed by atoms with E-state index in [-0.39, 0.29) is 11.4 Å². The molecule has 3 heteroatoms. The van der Waals surface area contributed by atoms with E-state index in [0.29, 0.717) is 16.9 Å². The van der Waals surface area contributed by atoms with Crippen LogP contribution in [0.4, 0.5) is 0 Å². The summed E-state index contributed by atoms with van der Waals surface area (Å²) in [7, 11) is 0. The van der Waals surface area contributed by atoms with Gasteiger partial charge in [-0.1, -0.05) is 39.3 Å². The van der Waals surface area contributed by atoms with Crippen molar-refractivity contribution in [3.05, 3.63) is 51.9 Å². The van der Waals surface area contributed by atoms with Gasteiger partial charge in [0.05, 0.1) is 5.39 Å². The van der Waals surface area contributed by atoms with Crippen LogP contribution in [0.3, 0.4) is 0 Å². The molecule has 3 nitrogen and oxygen atoms in total. The van der Waals surface area contributed by atoms with Crippen LogP contribution in [0, 0.1) is 0 Å². The van der Waals surface area contributed by atoms with Crippen LogP contribution in [-0.2, 0) is 6.42 Å².